The second-order valence-electron chi connectivity index (χ2n) is 5.03. The first-order valence-electron chi connectivity index (χ1n) is 7.38. The third-order valence-electron chi connectivity index (χ3n) is 3.43. The molecule has 0 radical (unpaired) electrons. The predicted molar refractivity (Wildman–Crippen MR) is 85.6 cm³/mol. The molecule has 1 atom stereocenters. The SMILES string of the molecule is CC[C@H](NCc1ccccc1)C(=O)NCc1ccccc1. The lowest BCUT2D eigenvalue weighted by atomic mass is 10.1. The number of hydrogen-bond donors (Lipinski definition) is 2. The van der Waals surface area contributed by atoms with Crippen LogP contribution < -0.4 is 10.6 Å². The highest BCUT2D eigenvalue weighted by Gasteiger charge is 2.15. The van der Waals surface area contributed by atoms with Gasteiger partial charge in [-0.1, -0.05) is 67.6 Å². The van der Waals surface area contributed by atoms with Crippen LogP contribution in [0.4, 0.5) is 0 Å². The Morgan fingerprint density at radius 3 is 1.95 bits per heavy atom. The topological polar surface area (TPSA) is 41.1 Å². The van der Waals surface area contributed by atoms with Crippen LogP contribution >= 0.6 is 0 Å². The second-order valence-corrected chi connectivity index (χ2v) is 5.03. The quantitative estimate of drug-likeness (QED) is 0.820. The van der Waals surface area contributed by atoms with Gasteiger partial charge >= 0.3 is 0 Å². The summed E-state index contributed by atoms with van der Waals surface area (Å²) >= 11 is 0. The molecule has 0 aromatic heterocycles. The minimum Gasteiger partial charge on any atom is -0.351 e. The molecular weight excluding hydrogens is 260 g/mol. The van der Waals surface area contributed by atoms with Gasteiger partial charge < -0.3 is 10.6 Å². The Hall–Kier alpha value is -2.13. The number of amides is 1. The Balaban J connectivity index is 1.81. The van der Waals surface area contributed by atoms with Crippen LogP contribution in [-0.2, 0) is 17.9 Å². The summed E-state index contributed by atoms with van der Waals surface area (Å²) in [6.45, 7) is 3.30. The number of carbonyl (C=O) groups is 1. The average Bonchev–Trinajstić information content (AvgIpc) is 2.55. The van der Waals surface area contributed by atoms with Crippen LogP contribution in [0.15, 0.2) is 60.7 Å². The van der Waals surface area contributed by atoms with Crippen molar-refractivity contribution in [3.8, 4) is 0 Å². The van der Waals surface area contributed by atoms with Crippen molar-refractivity contribution in [1.29, 1.82) is 0 Å². The standard InChI is InChI=1S/C18H22N2O/c1-2-17(19-13-15-9-5-3-6-10-15)18(21)20-14-16-11-7-4-8-12-16/h3-12,17,19H,2,13-14H2,1H3,(H,20,21)/t17-/m0/s1. The zero-order chi connectivity index (χ0) is 14.9. The molecule has 0 heterocycles. The van der Waals surface area contributed by atoms with Crippen molar-refractivity contribution in [3.63, 3.8) is 0 Å². The zero-order valence-corrected chi connectivity index (χ0v) is 12.4. The van der Waals surface area contributed by atoms with Crippen molar-refractivity contribution in [1.82, 2.24) is 10.6 Å². The number of hydrogen-bond acceptors (Lipinski definition) is 2. The molecule has 0 bridgehead atoms. The molecule has 0 saturated carbocycles. The van der Waals surface area contributed by atoms with E-state index in [0.717, 1.165) is 12.0 Å². The minimum absolute atomic E-state index is 0.0530. The van der Waals surface area contributed by atoms with Gasteiger partial charge in [-0.15, -0.1) is 0 Å². The molecule has 1 amide bonds. The first kappa shape index (κ1) is 15.3. The monoisotopic (exact) mass is 282 g/mol. The highest BCUT2D eigenvalue weighted by molar-refractivity contribution is 5.81. The van der Waals surface area contributed by atoms with Crippen LogP contribution in [0, 0.1) is 0 Å². The van der Waals surface area contributed by atoms with Crippen LogP contribution in [0.1, 0.15) is 24.5 Å². The summed E-state index contributed by atoms with van der Waals surface area (Å²) in [4.78, 5) is 12.2. The van der Waals surface area contributed by atoms with Gasteiger partial charge in [0.25, 0.3) is 0 Å². The van der Waals surface area contributed by atoms with Crippen molar-refractivity contribution in [2.45, 2.75) is 32.5 Å². The molecule has 2 rings (SSSR count). The molecule has 110 valence electrons. The molecule has 2 aromatic rings. The Kier molecular flexibility index (Phi) is 5.98. The van der Waals surface area contributed by atoms with E-state index >= 15 is 0 Å². The van der Waals surface area contributed by atoms with Crippen molar-refractivity contribution >= 4 is 5.91 Å². The van der Waals surface area contributed by atoms with Gasteiger partial charge in [-0.2, -0.15) is 0 Å². The van der Waals surface area contributed by atoms with Crippen LogP contribution in [-0.4, -0.2) is 11.9 Å². The second kappa shape index (κ2) is 8.22. The van der Waals surface area contributed by atoms with Gasteiger partial charge in [0.1, 0.15) is 0 Å². The fraction of sp³-hybridized carbons (Fsp3) is 0.278. The summed E-state index contributed by atoms with van der Waals surface area (Å²) in [5, 5.41) is 6.29. The normalized spacial score (nSPS) is 11.9. The van der Waals surface area contributed by atoms with Gasteiger partial charge in [0.05, 0.1) is 6.04 Å². The van der Waals surface area contributed by atoms with Crippen LogP contribution in [0.2, 0.25) is 0 Å². The Morgan fingerprint density at radius 1 is 0.905 bits per heavy atom. The summed E-state index contributed by atoms with van der Waals surface area (Å²) in [7, 11) is 0. The molecule has 2 aromatic carbocycles. The van der Waals surface area contributed by atoms with E-state index in [2.05, 4.69) is 22.8 Å². The highest BCUT2D eigenvalue weighted by Crippen LogP contribution is 2.01. The molecule has 0 unspecified atom stereocenters. The molecule has 0 aliphatic carbocycles. The lowest BCUT2D eigenvalue weighted by Crippen LogP contribution is -2.43. The van der Waals surface area contributed by atoms with E-state index in [0.29, 0.717) is 13.1 Å². The summed E-state index contributed by atoms with van der Waals surface area (Å²) in [5.41, 5.74) is 2.30. The first-order valence-corrected chi connectivity index (χ1v) is 7.38. The molecule has 0 aliphatic heterocycles. The van der Waals surface area contributed by atoms with Crippen LogP contribution in [0.5, 0.6) is 0 Å². The third-order valence-corrected chi connectivity index (χ3v) is 3.43. The summed E-state index contributed by atoms with van der Waals surface area (Å²) in [6, 6.07) is 19.9. The zero-order valence-electron chi connectivity index (χ0n) is 12.4. The maximum absolute atomic E-state index is 12.2. The van der Waals surface area contributed by atoms with Gasteiger partial charge in [-0.3, -0.25) is 4.79 Å². The van der Waals surface area contributed by atoms with Crippen molar-refractivity contribution in [2.75, 3.05) is 0 Å². The molecule has 0 aliphatic rings. The van der Waals surface area contributed by atoms with E-state index in [1.54, 1.807) is 0 Å². The number of rotatable bonds is 7. The highest BCUT2D eigenvalue weighted by atomic mass is 16.2. The van der Waals surface area contributed by atoms with Crippen LogP contribution in [0.25, 0.3) is 0 Å². The molecule has 2 N–H and O–H groups in total. The summed E-state index contributed by atoms with van der Waals surface area (Å²) in [5.74, 6) is 0.0530. The van der Waals surface area contributed by atoms with Gasteiger partial charge in [-0.05, 0) is 17.5 Å². The van der Waals surface area contributed by atoms with E-state index in [1.165, 1.54) is 5.56 Å². The Bertz CT molecular complexity index is 540. The van der Waals surface area contributed by atoms with E-state index in [9.17, 15) is 4.79 Å². The molecule has 0 fully saturated rings. The fourth-order valence-electron chi connectivity index (χ4n) is 2.17. The largest absolute Gasteiger partial charge is 0.351 e. The smallest absolute Gasteiger partial charge is 0.237 e. The van der Waals surface area contributed by atoms with Crippen LogP contribution in [0.3, 0.4) is 0 Å². The van der Waals surface area contributed by atoms with E-state index in [-0.39, 0.29) is 11.9 Å². The van der Waals surface area contributed by atoms with Gasteiger partial charge in [0, 0.05) is 13.1 Å². The van der Waals surface area contributed by atoms with Crippen molar-refractivity contribution in [3.05, 3.63) is 71.8 Å². The van der Waals surface area contributed by atoms with Gasteiger partial charge in [0.2, 0.25) is 5.91 Å². The van der Waals surface area contributed by atoms with E-state index in [4.69, 9.17) is 0 Å². The summed E-state index contributed by atoms with van der Waals surface area (Å²) < 4.78 is 0. The average molecular weight is 282 g/mol. The lowest BCUT2D eigenvalue weighted by molar-refractivity contribution is -0.123. The molecule has 3 heteroatoms. The Labute approximate surface area is 126 Å². The van der Waals surface area contributed by atoms with E-state index in [1.807, 2.05) is 55.5 Å². The van der Waals surface area contributed by atoms with E-state index < -0.39 is 0 Å². The molecule has 3 nitrogen and oxygen atoms in total. The van der Waals surface area contributed by atoms with Crippen molar-refractivity contribution < 1.29 is 4.79 Å². The maximum atomic E-state index is 12.2. The van der Waals surface area contributed by atoms with Gasteiger partial charge in [0.15, 0.2) is 0 Å². The predicted octanol–water partition coefficient (Wildman–Crippen LogP) is 2.87. The lowest BCUT2D eigenvalue weighted by Gasteiger charge is -2.17. The molecule has 21 heavy (non-hydrogen) atoms. The number of carbonyl (C=O) groups excluding carboxylic acids is 1. The number of nitrogens with one attached hydrogen (secondary N) is 2. The Morgan fingerprint density at radius 2 is 1.43 bits per heavy atom. The molecule has 0 saturated heterocycles. The summed E-state index contributed by atoms with van der Waals surface area (Å²) in [6.07, 6.45) is 0.771. The van der Waals surface area contributed by atoms with Gasteiger partial charge in [-0.25, -0.2) is 0 Å². The minimum atomic E-state index is -0.158. The molecular formula is C18H22N2O. The first-order chi connectivity index (χ1) is 10.3. The number of benzene rings is 2. The maximum Gasteiger partial charge on any atom is 0.237 e. The van der Waals surface area contributed by atoms with Crippen molar-refractivity contribution in [2.24, 2.45) is 0 Å². The fourth-order valence-corrected chi connectivity index (χ4v) is 2.17. The molecule has 0 spiro atoms. The third kappa shape index (κ3) is 5.04.